The van der Waals surface area contributed by atoms with Crippen LogP contribution in [0.15, 0.2) is 35.4 Å². The minimum Gasteiger partial charge on any atom is -0.355 e. The van der Waals surface area contributed by atoms with E-state index < -0.39 is 35.4 Å². The standard InChI is InChI=1S/C21H20F5N3OS/c1-11-15(21(24,25)26)9-27-18(29-7-6-14-16(10-29)20(14,22)23)17(11)19(30)28-12-4-3-5-13(8-12)31-2/h3-5,8-9,14,16H,6-7,10H2,1-2H3,(H,28,30). The molecule has 1 aromatic carbocycles. The second kappa shape index (κ2) is 7.65. The first kappa shape index (κ1) is 21.9. The van der Waals surface area contributed by atoms with E-state index in [1.54, 1.807) is 18.2 Å². The molecule has 2 unspecified atom stereocenters. The minimum absolute atomic E-state index is 0.00479. The van der Waals surface area contributed by atoms with Crippen molar-refractivity contribution in [1.29, 1.82) is 0 Å². The number of benzene rings is 1. The summed E-state index contributed by atoms with van der Waals surface area (Å²) in [5.41, 5.74) is -1.12. The van der Waals surface area contributed by atoms with Crippen LogP contribution in [-0.2, 0) is 6.18 Å². The summed E-state index contributed by atoms with van der Waals surface area (Å²) in [7, 11) is 0. The quantitative estimate of drug-likeness (QED) is 0.488. The number of alkyl halides is 5. The van der Waals surface area contributed by atoms with Gasteiger partial charge >= 0.3 is 6.18 Å². The summed E-state index contributed by atoms with van der Waals surface area (Å²) in [6.45, 7) is 1.37. The number of rotatable bonds is 4. The molecule has 31 heavy (non-hydrogen) atoms. The molecule has 2 atom stereocenters. The Balaban J connectivity index is 1.72. The van der Waals surface area contributed by atoms with Crippen molar-refractivity contribution < 1.29 is 26.7 Å². The average Bonchev–Trinajstić information content (AvgIpc) is 3.26. The first-order chi connectivity index (χ1) is 14.5. The number of fused-ring (bicyclic) bond motifs is 1. The van der Waals surface area contributed by atoms with Crippen LogP contribution in [-0.4, -0.2) is 36.2 Å². The van der Waals surface area contributed by atoms with Crippen LogP contribution in [0.1, 0.15) is 27.9 Å². The summed E-state index contributed by atoms with van der Waals surface area (Å²) < 4.78 is 68.1. The number of nitrogens with zero attached hydrogens (tertiary/aromatic N) is 2. The molecule has 1 saturated heterocycles. The zero-order valence-electron chi connectivity index (χ0n) is 16.8. The molecule has 1 aliphatic carbocycles. The number of aromatic nitrogens is 1. The molecule has 1 N–H and O–H groups in total. The molecule has 1 aromatic heterocycles. The summed E-state index contributed by atoms with van der Waals surface area (Å²) in [6, 6.07) is 6.89. The van der Waals surface area contributed by atoms with Gasteiger partial charge in [0, 0.05) is 41.7 Å². The molecule has 2 aliphatic rings. The van der Waals surface area contributed by atoms with Crippen LogP contribution in [0.2, 0.25) is 0 Å². The van der Waals surface area contributed by atoms with Crippen molar-refractivity contribution in [2.24, 2.45) is 11.8 Å². The van der Waals surface area contributed by atoms with E-state index in [4.69, 9.17) is 0 Å². The zero-order valence-corrected chi connectivity index (χ0v) is 17.6. The van der Waals surface area contributed by atoms with E-state index in [2.05, 4.69) is 10.3 Å². The third-order valence-electron chi connectivity index (χ3n) is 5.97. The number of hydrogen-bond donors (Lipinski definition) is 1. The van der Waals surface area contributed by atoms with Gasteiger partial charge in [0.25, 0.3) is 11.8 Å². The third kappa shape index (κ3) is 3.97. The van der Waals surface area contributed by atoms with Crippen LogP contribution in [0.4, 0.5) is 33.5 Å². The lowest BCUT2D eigenvalue weighted by Gasteiger charge is -2.29. The van der Waals surface area contributed by atoms with Gasteiger partial charge in [-0.1, -0.05) is 6.07 Å². The molecule has 4 rings (SSSR count). The Morgan fingerprint density at radius 2 is 2.03 bits per heavy atom. The molecule has 0 spiro atoms. The molecule has 0 bridgehead atoms. The number of hydrogen-bond acceptors (Lipinski definition) is 4. The highest BCUT2D eigenvalue weighted by atomic mass is 32.2. The fourth-order valence-corrected chi connectivity index (χ4v) is 4.66. The molecule has 4 nitrogen and oxygen atoms in total. The normalized spacial score (nSPS) is 22.1. The fourth-order valence-electron chi connectivity index (χ4n) is 4.20. The Hall–Kier alpha value is -2.36. The number of nitrogens with one attached hydrogen (secondary N) is 1. The second-order valence-corrected chi connectivity index (χ2v) is 8.68. The largest absolute Gasteiger partial charge is 0.418 e. The molecule has 0 radical (unpaired) electrons. The number of pyridine rings is 1. The average molecular weight is 457 g/mol. The van der Waals surface area contributed by atoms with Crippen LogP contribution in [0, 0.1) is 18.8 Å². The summed E-state index contributed by atoms with van der Waals surface area (Å²) in [5, 5.41) is 2.64. The molecule has 1 amide bonds. The Morgan fingerprint density at radius 1 is 1.29 bits per heavy atom. The van der Waals surface area contributed by atoms with Crippen molar-refractivity contribution in [3.63, 3.8) is 0 Å². The lowest BCUT2D eigenvalue weighted by Crippen LogP contribution is -2.34. The zero-order chi connectivity index (χ0) is 22.6. The van der Waals surface area contributed by atoms with E-state index in [0.29, 0.717) is 11.9 Å². The molecule has 1 aliphatic heterocycles. The highest BCUT2D eigenvalue weighted by molar-refractivity contribution is 7.98. The highest BCUT2D eigenvalue weighted by Crippen LogP contribution is 2.59. The molecule has 2 heterocycles. The van der Waals surface area contributed by atoms with Crippen LogP contribution < -0.4 is 10.2 Å². The number of amides is 1. The molecule has 10 heteroatoms. The van der Waals surface area contributed by atoms with Crippen molar-refractivity contribution in [3.8, 4) is 0 Å². The summed E-state index contributed by atoms with van der Waals surface area (Å²) in [5.74, 6) is -5.08. The molecule has 1 saturated carbocycles. The monoisotopic (exact) mass is 457 g/mol. The van der Waals surface area contributed by atoms with Gasteiger partial charge in [0.2, 0.25) is 0 Å². The van der Waals surface area contributed by atoms with Crippen LogP contribution in [0.25, 0.3) is 0 Å². The van der Waals surface area contributed by atoms with Gasteiger partial charge in [-0.25, -0.2) is 13.8 Å². The summed E-state index contributed by atoms with van der Waals surface area (Å²) in [4.78, 5) is 19.4. The van der Waals surface area contributed by atoms with Gasteiger partial charge in [-0.05, 0) is 43.4 Å². The Bertz CT molecular complexity index is 1030. The van der Waals surface area contributed by atoms with Gasteiger partial charge < -0.3 is 10.2 Å². The number of halogens is 5. The first-order valence-electron chi connectivity index (χ1n) is 9.69. The summed E-state index contributed by atoms with van der Waals surface area (Å²) >= 11 is 1.45. The molecular formula is C21H20F5N3OS. The molecule has 166 valence electrons. The van der Waals surface area contributed by atoms with E-state index in [1.165, 1.54) is 23.6 Å². The van der Waals surface area contributed by atoms with E-state index in [9.17, 15) is 26.7 Å². The van der Waals surface area contributed by atoms with Gasteiger partial charge in [-0.2, -0.15) is 13.2 Å². The van der Waals surface area contributed by atoms with Crippen LogP contribution >= 0.6 is 11.8 Å². The lowest BCUT2D eigenvalue weighted by atomic mass is 10.0. The Labute approximate surface area is 180 Å². The van der Waals surface area contributed by atoms with Crippen molar-refractivity contribution in [2.45, 2.75) is 30.3 Å². The second-order valence-electron chi connectivity index (χ2n) is 7.80. The lowest BCUT2D eigenvalue weighted by molar-refractivity contribution is -0.138. The Morgan fingerprint density at radius 3 is 2.68 bits per heavy atom. The fraction of sp³-hybridized carbons (Fsp3) is 0.429. The van der Waals surface area contributed by atoms with Crippen LogP contribution in [0.3, 0.4) is 0 Å². The number of carbonyl (C=O) groups is 1. The van der Waals surface area contributed by atoms with Crippen molar-refractivity contribution in [1.82, 2.24) is 4.98 Å². The van der Waals surface area contributed by atoms with E-state index in [0.717, 1.165) is 4.90 Å². The first-order valence-corrected chi connectivity index (χ1v) is 10.9. The minimum atomic E-state index is -4.69. The van der Waals surface area contributed by atoms with Crippen molar-refractivity contribution in [3.05, 3.63) is 47.2 Å². The topological polar surface area (TPSA) is 45.2 Å². The third-order valence-corrected chi connectivity index (χ3v) is 6.70. The van der Waals surface area contributed by atoms with Gasteiger partial charge in [0.1, 0.15) is 5.82 Å². The van der Waals surface area contributed by atoms with E-state index >= 15 is 0 Å². The number of piperidine rings is 1. The van der Waals surface area contributed by atoms with Crippen molar-refractivity contribution in [2.75, 3.05) is 29.6 Å². The molecule has 2 fully saturated rings. The number of carbonyl (C=O) groups excluding carboxylic acids is 1. The van der Waals surface area contributed by atoms with Gasteiger partial charge in [-0.3, -0.25) is 4.79 Å². The SMILES string of the molecule is CSc1cccc(NC(=O)c2c(N3CCC4C(C3)C4(F)F)ncc(C(F)(F)F)c2C)c1. The number of anilines is 2. The van der Waals surface area contributed by atoms with Crippen LogP contribution in [0.5, 0.6) is 0 Å². The number of thioether (sulfide) groups is 1. The smallest absolute Gasteiger partial charge is 0.355 e. The summed E-state index contributed by atoms with van der Waals surface area (Å²) in [6.07, 6.45) is -1.96. The maximum Gasteiger partial charge on any atom is 0.418 e. The Kier molecular flexibility index (Phi) is 5.39. The van der Waals surface area contributed by atoms with Gasteiger partial charge in [-0.15, -0.1) is 11.8 Å². The maximum absolute atomic E-state index is 13.8. The highest BCUT2D eigenvalue weighted by Gasteiger charge is 2.69. The predicted octanol–water partition coefficient (Wildman–Crippen LogP) is 5.47. The van der Waals surface area contributed by atoms with Gasteiger partial charge in [0.05, 0.1) is 11.1 Å². The van der Waals surface area contributed by atoms with E-state index in [1.807, 2.05) is 12.3 Å². The van der Waals surface area contributed by atoms with E-state index in [-0.39, 0.29) is 36.5 Å². The molecule has 2 aromatic rings. The maximum atomic E-state index is 13.8. The van der Waals surface area contributed by atoms with Crippen molar-refractivity contribution >= 4 is 29.2 Å². The molecular weight excluding hydrogens is 437 g/mol. The van der Waals surface area contributed by atoms with Gasteiger partial charge in [0.15, 0.2) is 0 Å². The predicted molar refractivity (Wildman–Crippen MR) is 109 cm³/mol.